The van der Waals surface area contributed by atoms with Gasteiger partial charge in [-0.3, -0.25) is 0 Å². The molecule has 1 fully saturated rings. The van der Waals surface area contributed by atoms with Crippen molar-refractivity contribution in [2.45, 2.75) is 39.2 Å². The molecule has 4 nitrogen and oxygen atoms in total. The monoisotopic (exact) mass is 337 g/mol. The van der Waals surface area contributed by atoms with Gasteiger partial charge in [0, 0.05) is 31.9 Å². The fourth-order valence-corrected chi connectivity index (χ4v) is 3.85. The van der Waals surface area contributed by atoms with E-state index in [1.807, 2.05) is 0 Å². The van der Waals surface area contributed by atoms with Gasteiger partial charge in [-0.25, -0.2) is 4.98 Å². The van der Waals surface area contributed by atoms with Crippen LogP contribution in [0.4, 0.5) is 5.82 Å². The summed E-state index contributed by atoms with van der Waals surface area (Å²) in [6.45, 7) is 6.82. The molecule has 2 aliphatic rings. The second-order valence-corrected chi connectivity index (χ2v) is 6.92. The van der Waals surface area contributed by atoms with Gasteiger partial charge in [0.15, 0.2) is 11.6 Å². The highest BCUT2D eigenvalue weighted by molar-refractivity contribution is 5.56. The maximum atomic E-state index is 6.32. The molecule has 0 saturated carbocycles. The zero-order valence-corrected chi connectivity index (χ0v) is 15.1. The Hall–Kier alpha value is -2.07. The third-order valence-corrected chi connectivity index (χ3v) is 5.30. The molecule has 1 aliphatic carbocycles. The molecule has 4 rings (SSSR count). The number of anilines is 1. The largest absolute Gasteiger partial charge is 0.485 e. The Morgan fingerprint density at radius 3 is 2.72 bits per heavy atom. The summed E-state index contributed by atoms with van der Waals surface area (Å²) in [7, 11) is 0. The maximum Gasteiger partial charge on any atom is 0.171 e. The number of nitrogens with zero attached hydrogens (tertiary/aromatic N) is 2. The molecule has 0 radical (unpaired) electrons. The summed E-state index contributed by atoms with van der Waals surface area (Å²) in [4.78, 5) is 7.38. The average molecular weight is 337 g/mol. The van der Waals surface area contributed by atoms with Crippen LogP contribution in [0.15, 0.2) is 30.3 Å². The van der Waals surface area contributed by atoms with Crippen molar-refractivity contribution in [2.24, 2.45) is 0 Å². The Morgan fingerprint density at radius 1 is 1.12 bits per heavy atom. The number of fused-ring (bicyclic) bond motifs is 1. The van der Waals surface area contributed by atoms with E-state index in [1.54, 1.807) is 0 Å². The van der Waals surface area contributed by atoms with Gasteiger partial charge in [0.2, 0.25) is 0 Å². The van der Waals surface area contributed by atoms with Crippen LogP contribution >= 0.6 is 0 Å². The minimum absolute atomic E-state index is 0.615. The molecule has 4 heteroatoms. The summed E-state index contributed by atoms with van der Waals surface area (Å²) >= 11 is 0. The van der Waals surface area contributed by atoms with Gasteiger partial charge in [0.25, 0.3) is 0 Å². The number of aryl methyl sites for hydroxylation is 3. The molecule has 1 aromatic carbocycles. The number of ether oxygens (including phenoxy) is 1. The van der Waals surface area contributed by atoms with Crippen LogP contribution in [0.25, 0.3) is 0 Å². The fraction of sp³-hybridized carbons (Fsp3) is 0.476. The molecule has 2 heterocycles. The van der Waals surface area contributed by atoms with Crippen molar-refractivity contribution in [1.29, 1.82) is 0 Å². The van der Waals surface area contributed by atoms with Crippen LogP contribution in [0.5, 0.6) is 5.75 Å². The van der Waals surface area contributed by atoms with Crippen LogP contribution in [0.3, 0.4) is 0 Å². The highest BCUT2D eigenvalue weighted by Crippen LogP contribution is 2.33. The lowest BCUT2D eigenvalue weighted by Crippen LogP contribution is -2.44. The summed E-state index contributed by atoms with van der Waals surface area (Å²) in [6, 6.07) is 10.8. The summed E-state index contributed by atoms with van der Waals surface area (Å²) in [6.07, 6.45) is 4.48. The second-order valence-electron chi connectivity index (χ2n) is 6.92. The van der Waals surface area contributed by atoms with Gasteiger partial charge in [0.1, 0.15) is 6.61 Å². The van der Waals surface area contributed by atoms with Gasteiger partial charge < -0.3 is 15.0 Å². The van der Waals surface area contributed by atoms with E-state index in [1.165, 1.54) is 28.8 Å². The number of nitrogens with one attached hydrogen (secondary N) is 1. The number of hydrogen-bond acceptors (Lipinski definition) is 4. The third-order valence-electron chi connectivity index (χ3n) is 5.30. The quantitative estimate of drug-likeness (QED) is 0.910. The van der Waals surface area contributed by atoms with Crippen LogP contribution in [-0.4, -0.2) is 31.2 Å². The van der Waals surface area contributed by atoms with Crippen LogP contribution in [-0.2, 0) is 25.9 Å². The van der Waals surface area contributed by atoms with Crippen molar-refractivity contribution < 1.29 is 4.74 Å². The molecule has 2 aromatic rings. The Kier molecular flexibility index (Phi) is 4.88. The number of pyridine rings is 1. The fourth-order valence-electron chi connectivity index (χ4n) is 3.85. The van der Waals surface area contributed by atoms with Gasteiger partial charge in [-0.05, 0) is 48.4 Å². The zero-order chi connectivity index (χ0) is 17.1. The smallest absolute Gasteiger partial charge is 0.171 e. The average Bonchev–Trinajstić information content (AvgIpc) is 3.14. The number of benzene rings is 1. The number of hydrogen-bond donors (Lipinski definition) is 1. The van der Waals surface area contributed by atoms with E-state index in [2.05, 4.69) is 47.5 Å². The van der Waals surface area contributed by atoms with E-state index >= 15 is 0 Å². The molecule has 0 bridgehead atoms. The first-order chi connectivity index (χ1) is 12.3. The molecule has 132 valence electrons. The van der Waals surface area contributed by atoms with Crippen LogP contribution in [0.1, 0.15) is 35.7 Å². The third kappa shape index (κ3) is 3.49. The van der Waals surface area contributed by atoms with Crippen molar-refractivity contribution in [3.05, 3.63) is 52.7 Å². The summed E-state index contributed by atoms with van der Waals surface area (Å²) < 4.78 is 6.32. The number of piperazine rings is 1. The molecular formula is C21H27N3O. The molecule has 25 heavy (non-hydrogen) atoms. The first-order valence-corrected chi connectivity index (χ1v) is 9.53. The van der Waals surface area contributed by atoms with Crippen LogP contribution in [0, 0.1) is 0 Å². The van der Waals surface area contributed by atoms with Gasteiger partial charge in [-0.1, -0.05) is 31.2 Å². The Labute approximate surface area is 150 Å². The van der Waals surface area contributed by atoms with Crippen molar-refractivity contribution in [2.75, 3.05) is 31.1 Å². The van der Waals surface area contributed by atoms with E-state index in [0.29, 0.717) is 6.61 Å². The van der Waals surface area contributed by atoms with Gasteiger partial charge in [0.05, 0.1) is 0 Å². The Bertz CT molecular complexity index is 738. The minimum Gasteiger partial charge on any atom is -0.485 e. The number of rotatable bonds is 5. The highest BCUT2D eigenvalue weighted by atomic mass is 16.5. The molecule has 1 aromatic heterocycles. The molecule has 0 unspecified atom stereocenters. The standard InChI is InChI=1S/C21H27N3O/c1-2-16-6-3-4-7-18(16)15-25-20-14-17-8-5-9-19(17)23-21(20)24-12-10-22-11-13-24/h3-4,6-7,14,22H,2,5,8-13,15H2,1H3. The minimum atomic E-state index is 0.615. The van der Waals surface area contributed by atoms with Crippen LogP contribution < -0.4 is 15.0 Å². The molecule has 1 N–H and O–H groups in total. The highest BCUT2D eigenvalue weighted by Gasteiger charge is 2.22. The van der Waals surface area contributed by atoms with Gasteiger partial charge in [-0.15, -0.1) is 0 Å². The lowest BCUT2D eigenvalue weighted by atomic mass is 10.1. The number of aromatic nitrogens is 1. The zero-order valence-electron chi connectivity index (χ0n) is 15.1. The lowest BCUT2D eigenvalue weighted by Gasteiger charge is -2.30. The first-order valence-electron chi connectivity index (χ1n) is 9.53. The van der Waals surface area contributed by atoms with E-state index in [9.17, 15) is 0 Å². The van der Waals surface area contributed by atoms with Crippen molar-refractivity contribution >= 4 is 5.82 Å². The van der Waals surface area contributed by atoms with E-state index in [0.717, 1.165) is 57.0 Å². The normalized spacial score (nSPS) is 16.8. The molecule has 0 amide bonds. The molecule has 0 spiro atoms. The maximum absolute atomic E-state index is 6.32. The van der Waals surface area contributed by atoms with Gasteiger partial charge >= 0.3 is 0 Å². The van der Waals surface area contributed by atoms with E-state index in [4.69, 9.17) is 9.72 Å². The Morgan fingerprint density at radius 2 is 1.92 bits per heavy atom. The molecule has 1 saturated heterocycles. The predicted octanol–water partition coefficient (Wildman–Crippen LogP) is 3.12. The SMILES string of the molecule is CCc1ccccc1COc1cc2c(nc1N1CCNCC1)CCC2. The topological polar surface area (TPSA) is 37.4 Å². The van der Waals surface area contributed by atoms with Crippen molar-refractivity contribution in [3.8, 4) is 5.75 Å². The second kappa shape index (κ2) is 7.44. The first kappa shape index (κ1) is 16.4. The van der Waals surface area contributed by atoms with E-state index < -0.39 is 0 Å². The summed E-state index contributed by atoms with van der Waals surface area (Å²) in [5, 5.41) is 3.42. The molecule has 0 atom stereocenters. The molecular weight excluding hydrogens is 310 g/mol. The van der Waals surface area contributed by atoms with Crippen LogP contribution in [0.2, 0.25) is 0 Å². The lowest BCUT2D eigenvalue weighted by molar-refractivity contribution is 0.303. The van der Waals surface area contributed by atoms with Gasteiger partial charge in [-0.2, -0.15) is 0 Å². The Balaban J connectivity index is 1.61. The van der Waals surface area contributed by atoms with Crippen molar-refractivity contribution in [3.63, 3.8) is 0 Å². The summed E-state index contributed by atoms with van der Waals surface area (Å²) in [5.74, 6) is 1.99. The summed E-state index contributed by atoms with van der Waals surface area (Å²) in [5.41, 5.74) is 5.28. The molecule has 1 aliphatic heterocycles. The predicted molar refractivity (Wildman–Crippen MR) is 101 cm³/mol. The van der Waals surface area contributed by atoms with E-state index in [-0.39, 0.29) is 0 Å². The van der Waals surface area contributed by atoms with Crippen molar-refractivity contribution in [1.82, 2.24) is 10.3 Å².